The average molecular weight is 258 g/mol. The van der Waals surface area contributed by atoms with Crippen molar-refractivity contribution < 1.29 is 9.21 Å². The molecule has 0 saturated carbocycles. The number of benzene rings is 1. The van der Waals surface area contributed by atoms with Crippen molar-refractivity contribution in [1.82, 2.24) is 10.6 Å². The second kappa shape index (κ2) is 6.75. The summed E-state index contributed by atoms with van der Waals surface area (Å²) in [4.78, 5) is 11.8. The zero-order valence-corrected chi connectivity index (χ0v) is 10.9. The van der Waals surface area contributed by atoms with Gasteiger partial charge in [-0.2, -0.15) is 0 Å². The first kappa shape index (κ1) is 13.4. The molecule has 1 aromatic carbocycles. The summed E-state index contributed by atoms with van der Waals surface area (Å²) < 4.78 is 5.16. The van der Waals surface area contributed by atoms with E-state index in [-0.39, 0.29) is 11.9 Å². The predicted octanol–water partition coefficient (Wildman–Crippen LogP) is 2.07. The molecule has 0 saturated heterocycles. The van der Waals surface area contributed by atoms with Crippen molar-refractivity contribution in [2.24, 2.45) is 0 Å². The van der Waals surface area contributed by atoms with Gasteiger partial charge in [-0.3, -0.25) is 4.79 Å². The van der Waals surface area contributed by atoms with Crippen molar-refractivity contribution in [3.8, 4) is 0 Å². The maximum absolute atomic E-state index is 11.8. The summed E-state index contributed by atoms with van der Waals surface area (Å²) in [6.07, 6.45) is 1.60. The standard InChI is InChI=1S/C15H18N2O2/c1-12(16-10-13-6-3-2-4-7-13)15(18)17-11-14-8-5-9-19-14/h2-9,12,16H,10-11H2,1H3,(H,17,18). The van der Waals surface area contributed by atoms with Gasteiger partial charge in [0.1, 0.15) is 5.76 Å². The van der Waals surface area contributed by atoms with Gasteiger partial charge in [0.25, 0.3) is 0 Å². The van der Waals surface area contributed by atoms with Gasteiger partial charge < -0.3 is 15.1 Å². The molecule has 100 valence electrons. The van der Waals surface area contributed by atoms with E-state index in [4.69, 9.17) is 4.42 Å². The summed E-state index contributed by atoms with van der Waals surface area (Å²) in [5.74, 6) is 0.718. The van der Waals surface area contributed by atoms with E-state index in [9.17, 15) is 4.79 Å². The lowest BCUT2D eigenvalue weighted by Crippen LogP contribution is -2.41. The van der Waals surface area contributed by atoms with Crippen LogP contribution in [0.2, 0.25) is 0 Å². The lowest BCUT2D eigenvalue weighted by molar-refractivity contribution is -0.123. The number of furan rings is 1. The van der Waals surface area contributed by atoms with Gasteiger partial charge >= 0.3 is 0 Å². The molecule has 2 aromatic rings. The average Bonchev–Trinajstić information content (AvgIpc) is 2.96. The molecule has 1 atom stereocenters. The molecule has 0 spiro atoms. The second-order valence-electron chi connectivity index (χ2n) is 4.39. The highest BCUT2D eigenvalue weighted by Crippen LogP contribution is 2.00. The number of rotatable bonds is 6. The Bertz CT molecular complexity index is 494. The molecule has 2 rings (SSSR count). The maximum atomic E-state index is 11.8. The summed E-state index contributed by atoms with van der Waals surface area (Å²) >= 11 is 0. The van der Waals surface area contributed by atoms with E-state index in [1.807, 2.05) is 43.3 Å². The molecule has 0 aliphatic carbocycles. The van der Waals surface area contributed by atoms with Crippen LogP contribution in [0.4, 0.5) is 0 Å². The summed E-state index contributed by atoms with van der Waals surface area (Å²) in [6, 6.07) is 13.4. The van der Waals surface area contributed by atoms with Crippen LogP contribution in [0.1, 0.15) is 18.2 Å². The maximum Gasteiger partial charge on any atom is 0.237 e. The Hall–Kier alpha value is -2.07. The van der Waals surface area contributed by atoms with Gasteiger partial charge in [0, 0.05) is 6.54 Å². The SMILES string of the molecule is CC(NCc1ccccc1)C(=O)NCc1ccco1. The molecule has 19 heavy (non-hydrogen) atoms. The molecule has 1 aromatic heterocycles. The third-order valence-corrected chi connectivity index (χ3v) is 2.87. The smallest absolute Gasteiger partial charge is 0.237 e. The first-order chi connectivity index (χ1) is 9.25. The summed E-state index contributed by atoms with van der Waals surface area (Å²) in [6.45, 7) is 2.94. The minimum atomic E-state index is -0.241. The number of hydrogen-bond donors (Lipinski definition) is 2. The molecule has 0 aliphatic heterocycles. The summed E-state index contributed by atoms with van der Waals surface area (Å²) in [5, 5.41) is 6.01. The minimum Gasteiger partial charge on any atom is -0.467 e. The first-order valence-electron chi connectivity index (χ1n) is 6.33. The molecule has 0 radical (unpaired) electrons. The zero-order chi connectivity index (χ0) is 13.5. The number of carbonyl (C=O) groups is 1. The van der Waals surface area contributed by atoms with Crippen molar-refractivity contribution >= 4 is 5.91 Å². The largest absolute Gasteiger partial charge is 0.467 e. The first-order valence-corrected chi connectivity index (χ1v) is 6.33. The quantitative estimate of drug-likeness (QED) is 0.834. The van der Waals surface area contributed by atoms with Crippen LogP contribution in [0.25, 0.3) is 0 Å². The molecule has 2 N–H and O–H groups in total. The summed E-state index contributed by atoms with van der Waals surface area (Å²) in [5.41, 5.74) is 1.16. The molecule has 0 fully saturated rings. The third-order valence-electron chi connectivity index (χ3n) is 2.87. The molecular weight excluding hydrogens is 240 g/mol. The van der Waals surface area contributed by atoms with Gasteiger partial charge in [0.05, 0.1) is 18.8 Å². The van der Waals surface area contributed by atoms with Gasteiger partial charge in [-0.05, 0) is 24.6 Å². The van der Waals surface area contributed by atoms with Crippen LogP contribution in [0, 0.1) is 0 Å². The lowest BCUT2D eigenvalue weighted by Gasteiger charge is -2.13. The van der Waals surface area contributed by atoms with Gasteiger partial charge in [-0.1, -0.05) is 30.3 Å². The Kier molecular flexibility index (Phi) is 4.75. The normalized spacial score (nSPS) is 12.1. The Morgan fingerprint density at radius 3 is 2.63 bits per heavy atom. The molecule has 4 heteroatoms. The molecular formula is C15H18N2O2. The molecule has 1 heterocycles. The topological polar surface area (TPSA) is 54.3 Å². The lowest BCUT2D eigenvalue weighted by atomic mass is 10.2. The van der Waals surface area contributed by atoms with Crippen LogP contribution in [0.3, 0.4) is 0 Å². The van der Waals surface area contributed by atoms with E-state index < -0.39 is 0 Å². The van der Waals surface area contributed by atoms with Crippen LogP contribution in [0.5, 0.6) is 0 Å². The van der Waals surface area contributed by atoms with Crippen molar-refractivity contribution in [3.05, 3.63) is 60.1 Å². The Morgan fingerprint density at radius 2 is 1.95 bits per heavy atom. The van der Waals surface area contributed by atoms with Gasteiger partial charge in [0.2, 0.25) is 5.91 Å². The van der Waals surface area contributed by atoms with Crippen molar-refractivity contribution in [2.45, 2.75) is 26.1 Å². The fraction of sp³-hybridized carbons (Fsp3) is 0.267. The van der Waals surface area contributed by atoms with Crippen molar-refractivity contribution in [1.29, 1.82) is 0 Å². The fourth-order valence-corrected chi connectivity index (χ4v) is 1.70. The van der Waals surface area contributed by atoms with E-state index in [0.29, 0.717) is 13.1 Å². The second-order valence-corrected chi connectivity index (χ2v) is 4.39. The molecule has 0 bridgehead atoms. The van der Waals surface area contributed by atoms with Crippen LogP contribution < -0.4 is 10.6 Å². The minimum absolute atomic E-state index is 0.0349. The Balaban J connectivity index is 1.73. The molecule has 1 amide bonds. The van der Waals surface area contributed by atoms with Gasteiger partial charge in [0.15, 0.2) is 0 Å². The Morgan fingerprint density at radius 1 is 1.16 bits per heavy atom. The van der Waals surface area contributed by atoms with E-state index in [1.54, 1.807) is 12.3 Å². The van der Waals surface area contributed by atoms with Crippen LogP contribution in [0.15, 0.2) is 53.1 Å². The number of carbonyl (C=O) groups excluding carboxylic acids is 1. The van der Waals surface area contributed by atoms with E-state index >= 15 is 0 Å². The van der Waals surface area contributed by atoms with E-state index in [0.717, 1.165) is 11.3 Å². The zero-order valence-electron chi connectivity index (χ0n) is 10.9. The highest BCUT2D eigenvalue weighted by atomic mass is 16.3. The summed E-state index contributed by atoms with van der Waals surface area (Å²) in [7, 11) is 0. The highest BCUT2D eigenvalue weighted by Gasteiger charge is 2.11. The fourth-order valence-electron chi connectivity index (χ4n) is 1.70. The monoisotopic (exact) mass is 258 g/mol. The van der Waals surface area contributed by atoms with E-state index in [1.165, 1.54) is 0 Å². The van der Waals surface area contributed by atoms with Crippen LogP contribution in [-0.2, 0) is 17.9 Å². The highest BCUT2D eigenvalue weighted by molar-refractivity contribution is 5.81. The molecule has 4 nitrogen and oxygen atoms in total. The predicted molar refractivity (Wildman–Crippen MR) is 73.3 cm³/mol. The number of amides is 1. The van der Waals surface area contributed by atoms with Crippen molar-refractivity contribution in [3.63, 3.8) is 0 Å². The van der Waals surface area contributed by atoms with Gasteiger partial charge in [-0.15, -0.1) is 0 Å². The third kappa shape index (κ3) is 4.26. The molecule has 1 unspecified atom stereocenters. The van der Waals surface area contributed by atoms with Crippen LogP contribution in [-0.4, -0.2) is 11.9 Å². The number of nitrogens with one attached hydrogen (secondary N) is 2. The van der Waals surface area contributed by atoms with Crippen LogP contribution >= 0.6 is 0 Å². The van der Waals surface area contributed by atoms with Gasteiger partial charge in [-0.25, -0.2) is 0 Å². The molecule has 0 aliphatic rings. The van der Waals surface area contributed by atoms with E-state index in [2.05, 4.69) is 10.6 Å². The van der Waals surface area contributed by atoms with Crippen molar-refractivity contribution in [2.75, 3.05) is 0 Å². The number of hydrogen-bond acceptors (Lipinski definition) is 3. The Labute approximate surface area is 112 Å².